The van der Waals surface area contributed by atoms with Crippen LogP contribution in [0.3, 0.4) is 0 Å². The van der Waals surface area contributed by atoms with E-state index < -0.39 is 11.7 Å². The summed E-state index contributed by atoms with van der Waals surface area (Å²) in [6, 6.07) is 17.6. The molecular weight excluding hydrogens is 351 g/mol. The van der Waals surface area contributed by atoms with E-state index in [1.165, 1.54) is 0 Å². The predicted molar refractivity (Wildman–Crippen MR) is 101 cm³/mol. The zero-order valence-electron chi connectivity index (χ0n) is 14.8. The quantitative estimate of drug-likeness (QED) is 0.672. The molecule has 0 radical (unpaired) electrons. The lowest BCUT2D eigenvalue weighted by atomic mass is 10.1. The molecule has 140 valence electrons. The Kier molecular flexibility index (Phi) is 4.74. The first-order chi connectivity index (χ1) is 13.0. The minimum Gasteiger partial charge on any atom is -0.354 e. The lowest BCUT2D eigenvalue weighted by molar-refractivity contribution is -0.137. The van der Waals surface area contributed by atoms with Crippen LogP contribution in [0.4, 0.5) is 19.0 Å². The highest BCUT2D eigenvalue weighted by Gasteiger charge is 2.30. The third-order valence-corrected chi connectivity index (χ3v) is 4.97. The van der Waals surface area contributed by atoms with Crippen molar-refractivity contribution >= 4 is 16.7 Å². The number of aromatic nitrogens is 1. The second-order valence-electron chi connectivity index (χ2n) is 6.82. The van der Waals surface area contributed by atoms with Crippen LogP contribution >= 0.6 is 0 Å². The minimum absolute atomic E-state index is 0.599. The van der Waals surface area contributed by atoms with E-state index >= 15 is 0 Å². The zero-order valence-corrected chi connectivity index (χ0v) is 14.8. The van der Waals surface area contributed by atoms with Crippen LogP contribution < -0.4 is 4.90 Å². The number of rotatable bonds is 3. The molecule has 0 spiro atoms. The highest BCUT2D eigenvalue weighted by atomic mass is 19.4. The van der Waals surface area contributed by atoms with Gasteiger partial charge in [0.1, 0.15) is 5.82 Å². The average molecular weight is 371 g/mol. The highest BCUT2D eigenvalue weighted by molar-refractivity contribution is 5.80. The Morgan fingerprint density at radius 3 is 2.22 bits per heavy atom. The number of hydrogen-bond donors (Lipinski definition) is 0. The number of hydrogen-bond acceptors (Lipinski definition) is 3. The first kappa shape index (κ1) is 17.8. The van der Waals surface area contributed by atoms with Crippen LogP contribution in [0.1, 0.15) is 11.1 Å². The van der Waals surface area contributed by atoms with Gasteiger partial charge in [-0.25, -0.2) is 4.98 Å². The fourth-order valence-corrected chi connectivity index (χ4v) is 3.42. The van der Waals surface area contributed by atoms with Crippen molar-refractivity contribution in [2.45, 2.75) is 12.7 Å². The molecule has 27 heavy (non-hydrogen) atoms. The molecule has 2 heterocycles. The number of piperazine rings is 1. The summed E-state index contributed by atoms with van der Waals surface area (Å²) in [6.45, 7) is 4.08. The van der Waals surface area contributed by atoms with Crippen molar-refractivity contribution in [2.75, 3.05) is 31.1 Å². The summed E-state index contributed by atoms with van der Waals surface area (Å²) in [4.78, 5) is 9.27. The molecule has 1 aliphatic heterocycles. The maximum atomic E-state index is 12.7. The largest absolute Gasteiger partial charge is 0.416 e. The van der Waals surface area contributed by atoms with E-state index in [4.69, 9.17) is 4.98 Å². The Morgan fingerprint density at radius 1 is 0.815 bits per heavy atom. The summed E-state index contributed by atoms with van der Waals surface area (Å²) in [5.74, 6) is 0.975. The average Bonchev–Trinajstić information content (AvgIpc) is 2.68. The van der Waals surface area contributed by atoms with Gasteiger partial charge in [-0.1, -0.05) is 30.3 Å². The van der Waals surface area contributed by atoms with Gasteiger partial charge in [0, 0.05) is 38.1 Å². The summed E-state index contributed by atoms with van der Waals surface area (Å²) in [6.07, 6.45) is -4.28. The summed E-state index contributed by atoms with van der Waals surface area (Å²) >= 11 is 0. The smallest absolute Gasteiger partial charge is 0.354 e. The number of benzene rings is 2. The van der Waals surface area contributed by atoms with Crippen molar-refractivity contribution in [1.29, 1.82) is 0 Å². The third-order valence-electron chi connectivity index (χ3n) is 4.97. The van der Waals surface area contributed by atoms with Gasteiger partial charge in [0.25, 0.3) is 0 Å². The summed E-state index contributed by atoms with van der Waals surface area (Å²) in [7, 11) is 0. The lowest BCUT2D eigenvalue weighted by Gasteiger charge is -2.35. The highest BCUT2D eigenvalue weighted by Crippen LogP contribution is 2.29. The molecule has 3 aromatic rings. The maximum absolute atomic E-state index is 12.7. The van der Waals surface area contributed by atoms with Gasteiger partial charge in [-0.15, -0.1) is 0 Å². The Labute approximate surface area is 156 Å². The molecule has 2 aromatic carbocycles. The Hall–Kier alpha value is -2.60. The normalized spacial score (nSPS) is 16.0. The molecule has 0 aliphatic carbocycles. The van der Waals surface area contributed by atoms with Gasteiger partial charge in [0.2, 0.25) is 0 Å². The number of halogens is 3. The van der Waals surface area contributed by atoms with Gasteiger partial charge in [0.15, 0.2) is 0 Å². The van der Waals surface area contributed by atoms with Crippen molar-refractivity contribution < 1.29 is 13.2 Å². The van der Waals surface area contributed by atoms with Gasteiger partial charge >= 0.3 is 6.18 Å². The van der Waals surface area contributed by atoms with Gasteiger partial charge < -0.3 is 4.90 Å². The molecule has 0 amide bonds. The van der Waals surface area contributed by atoms with Crippen molar-refractivity contribution in [3.05, 3.63) is 71.8 Å². The van der Waals surface area contributed by atoms with E-state index in [1.807, 2.05) is 30.3 Å². The van der Waals surface area contributed by atoms with Crippen LogP contribution in [0.15, 0.2) is 60.7 Å². The molecule has 1 aliphatic rings. The molecule has 1 aromatic heterocycles. The molecule has 4 rings (SSSR count). The van der Waals surface area contributed by atoms with Crippen LogP contribution in [0.5, 0.6) is 0 Å². The van der Waals surface area contributed by atoms with Crippen LogP contribution in [0.25, 0.3) is 10.9 Å². The molecule has 0 N–H and O–H groups in total. The van der Waals surface area contributed by atoms with Crippen LogP contribution in [-0.2, 0) is 12.7 Å². The number of pyridine rings is 1. The van der Waals surface area contributed by atoms with Crippen molar-refractivity contribution in [1.82, 2.24) is 9.88 Å². The monoisotopic (exact) mass is 371 g/mol. The molecule has 0 unspecified atom stereocenters. The standard InChI is InChI=1S/C21H20F3N3/c22-21(23,24)18-8-5-16(6-9-18)15-26-11-13-27(14-12-26)20-10-7-17-3-1-2-4-19(17)25-20/h1-10H,11-15H2. The summed E-state index contributed by atoms with van der Waals surface area (Å²) in [5.41, 5.74) is 1.29. The first-order valence-corrected chi connectivity index (χ1v) is 8.98. The summed E-state index contributed by atoms with van der Waals surface area (Å²) < 4.78 is 38.0. The van der Waals surface area contributed by atoms with E-state index in [0.717, 1.165) is 60.6 Å². The molecule has 0 saturated carbocycles. The van der Waals surface area contributed by atoms with Crippen molar-refractivity contribution in [3.63, 3.8) is 0 Å². The first-order valence-electron chi connectivity index (χ1n) is 8.98. The maximum Gasteiger partial charge on any atom is 0.416 e. The molecule has 3 nitrogen and oxygen atoms in total. The minimum atomic E-state index is -4.28. The molecule has 1 saturated heterocycles. The van der Waals surface area contributed by atoms with E-state index in [1.54, 1.807) is 12.1 Å². The Morgan fingerprint density at radius 2 is 1.52 bits per heavy atom. The molecule has 1 fully saturated rings. The van der Waals surface area contributed by atoms with E-state index in [2.05, 4.69) is 15.9 Å². The second kappa shape index (κ2) is 7.19. The Bertz CT molecular complexity index is 914. The molecular formula is C21H20F3N3. The topological polar surface area (TPSA) is 19.4 Å². The van der Waals surface area contributed by atoms with Crippen LogP contribution in [0.2, 0.25) is 0 Å². The van der Waals surface area contributed by atoms with Gasteiger partial charge in [-0.05, 0) is 35.9 Å². The van der Waals surface area contributed by atoms with Gasteiger partial charge in [0.05, 0.1) is 11.1 Å². The van der Waals surface area contributed by atoms with E-state index in [9.17, 15) is 13.2 Å². The summed E-state index contributed by atoms with van der Waals surface area (Å²) in [5, 5.41) is 1.13. The zero-order chi connectivity index (χ0) is 18.9. The van der Waals surface area contributed by atoms with Gasteiger partial charge in [-0.2, -0.15) is 13.2 Å². The van der Waals surface area contributed by atoms with Crippen molar-refractivity contribution in [3.8, 4) is 0 Å². The Balaban J connectivity index is 1.37. The molecule has 0 bridgehead atoms. The fourth-order valence-electron chi connectivity index (χ4n) is 3.42. The predicted octanol–water partition coefficient (Wildman–Crippen LogP) is 4.58. The SMILES string of the molecule is FC(F)(F)c1ccc(CN2CCN(c3ccc4ccccc4n3)CC2)cc1. The third kappa shape index (κ3) is 4.06. The van der Waals surface area contributed by atoms with Crippen molar-refractivity contribution in [2.24, 2.45) is 0 Å². The molecule has 0 atom stereocenters. The second-order valence-corrected chi connectivity index (χ2v) is 6.82. The van der Waals surface area contributed by atoms with E-state index in [-0.39, 0.29) is 0 Å². The molecule has 6 heteroatoms. The number of anilines is 1. The number of alkyl halides is 3. The van der Waals surface area contributed by atoms with E-state index in [0.29, 0.717) is 6.54 Å². The number of fused-ring (bicyclic) bond motifs is 1. The van der Waals surface area contributed by atoms with Crippen LogP contribution in [-0.4, -0.2) is 36.1 Å². The lowest BCUT2D eigenvalue weighted by Crippen LogP contribution is -2.46. The van der Waals surface area contributed by atoms with Gasteiger partial charge in [-0.3, -0.25) is 4.90 Å². The number of para-hydroxylation sites is 1. The fraction of sp³-hybridized carbons (Fsp3) is 0.286. The number of nitrogens with zero attached hydrogens (tertiary/aromatic N) is 3. The van der Waals surface area contributed by atoms with Crippen LogP contribution in [0, 0.1) is 0 Å².